The summed E-state index contributed by atoms with van der Waals surface area (Å²) in [4.78, 5) is 10.9. The fourth-order valence-corrected chi connectivity index (χ4v) is 1.16. The number of hydrogen-bond acceptors (Lipinski definition) is 2. The highest BCUT2D eigenvalue weighted by atomic mass is 32.2. The van der Waals surface area contributed by atoms with Gasteiger partial charge >= 0.3 is 0 Å². The van der Waals surface area contributed by atoms with Gasteiger partial charge in [0.05, 0.1) is 12.2 Å². The van der Waals surface area contributed by atoms with Crippen LogP contribution in [0.15, 0.2) is 0 Å². The highest BCUT2D eigenvalue weighted by Gasteiger charge is 2.12. The van der Waals surface area contributed by atoms with Gasteiger partial charge in [-0.3, -0.25) is 4.79 Å². The van der Waals surface area contributed by atoms with Crippen LogP contribution >= 0.6 is 11.8 Å². The maximum atomic E-state index is 10.9. The van der Waals surface area contributed by atoms with Crippen molar-refractivity contribution in [2.75, 3.05) is 5.75 Å². The number of Topliss-reactive ketones (excluding diaryl/α,β-unsaturated/α-hetero) is 1. The van der Waals surface area contributed by atoms with E-state index in [0.29, 0.717) is 5.75 Å². The molecule has 0 radical (unpaired) electrons. The normalized spacial score (nSPS) is 10.7. The highest BCUT2D eigenvalue weighted by molar-refractivity contribution is 8.01. The van der Waals surface area contributed by atoms with Gasteiger partial charge in [-0.1, -0.05) is 26.7 Å². The van der Waals surface area contributed by atoms with Crippen molar-refractivity contribution in [2.24, 2.45) is 0 Å². The second-order valence-electron chi connectivity index (χ2n) is 3.32. The third kappa shape index (κ3) is 7.48. The largest absolute Gasteiger partial charge is 0.298 e. The van der Waals surface area contributed by atoms with Crippen LogP contribution in [0.2, 0.25) is 0 Å². The van der Waals surface area contributed by atoms with E-state index in [1.807, 2.05) is 0 Å². The summed E-state index contributed by atoms with van der Waals surface area (Å²) < 4.78 is 0.157. The standard InChI is InChI=1S/C9H14OS/c1-5-6-8(10)7-11-9(2,3)4/h1H,6-7H2,2-4H3. The van der Waals surface area contributed by atoms with E-state index < -0.39 is 0 Å². The van der Waals surface area contributed by atoms with Crippen molar-refractivity contribution < 1.29 is 4.79 Å². The Morgan fingerprint density at radius 3 is 2.45 bits per heavy atom. The highest BCUT2D eigenvalue weighted by Crippen LogP contribution is 2.22. The lowest BCUT2D eigenvalue weighted by Crippen LogP contribution is -2.12. The van der Waals surface area contributed by atoms with E-state index in [4.69, 9.17) is 6.42 Å². The number of hydrogen-bond donors (Lipinski definition) is 0. The summed E-state index contributed by atoms with van der Waals surface area (Å²) in [6.45, 7) is 6.25. The van der Waals surface area contributed by atoms with E-state index >= 15 is 0 Å². The van der Waals surface area contributed by atoms with Gasteiger partial charge in [0.1, 0.15) is 0 Å². The van der Waals surface area contributed by atoms with E-state index in [0.717, 1.165) is 0 Å². The minimum absolute atomic E-state index is 0.146. The zero-order chi connectivity index (χ0) is 8.91. The predicted molar refractivity (Wildman–Crippen MR) is 50.7 cm³/mol. The Kier molecular flexibility index (Phi) is 4.29. The number of carbonyl (C=O) groups is 1. The average Bonchev–Trinajstić information content (AvgIpc) is 1.83. The summed E-state index contributed by atoms with van der Waals surface area (Å²) in [6.07, 6.45) is 5.26. The average molecular weight is 170 g/mol. The molecule has 0 N–H and O–H groups in total. The Morgan fingerprint density at radius 1 is 1.55 bits per heavy atom. The molecule has 0 saturated carbocycles. The number of ketones is 1. The molecule has 0 atom stereocenters. The monoisotopic (exact) mass is 170 g/mol. The summed E-state index contributed by atoms with van der Waals surface area (Å²) in [5.41, 5.74) is 0. The molecule has 0 rings (SSSR count). The Morgan fingerprint density at radius 2 is 2.09 bits per heavy atom. The van der Waals surface area contributed by atoms with Crippen LogP contribution in [0.5, 0.6) is 0 Å². The van der Waals surface area contributed by atoms with Crippen LogP contribution in [0.1, 0.15) is 27.2 Å². The molecule has 0 amide bonds. The smallest absolute Gasteiger partial charge is 0.154 e. The summed E-state index contributed by atoms with van der Waals surface area (Å²) in [6, 6.07) is 0. The van der Waals surface area contributed by atoms with E-state index in [1.54, 1.807) is 11.8 Å². The summed E-state index contributed by atoms with van der Waals surface area (Å²) in [5.74, 6) is 3.02. The first-order chi connectivity index (χ1) is 4.95. The lowest BCUT2D eigenvalue weighted by atomic mass is 10.3. The Bertz CT molecular complexity index is 171. The Hall–Kier alpha value is -0.420. The third-order valence-corrected chi connectivity index (χ3v) is 2.30. The van der Waals surface area contributed by atoms with Crippen molar-refractivity contribution in [3.63, 3.8) is 0 Å². The van der Waals surface area contributed by atoms with Crippen LogP contribution < -0.4 is 0 Å². The van der Waals surface area contributed by atoms with Gasteiger partial charge < -0.3 is 0 Å². The van der Waals surface area contributed by atoms with Gasteiger partial charge in [-0.15, -0.1) is 18.2 Å². The van der Waals surface area contributed by atoms with Gasteiger partial charge in [-0.25, -0.2) is 0 Å². The SMILES string of the molecule is C#CCC(=O)CSC(C)(C)C. The first-order valence-corrected chi connectivity index (χ1v) is 4.53. The van der Waals surface area contributed by atoms with Crippen LogP contribution in [-0.4, -0.2) is 16.3 Å². The summed E-state index contributed by atoms with van der Waals surface area (Å²) in [7, 11) is 0. The molecule has 0 aromatic carbocycles. The number of rotatable bonds is 3. The first-order valence-electron chi connectivity index (χ1n) is 3.55. The molecule has 0 saturated heterocycles. The summed E-state index contributed by atoms with van der Waals surface area (Å²) >= 11 is 1.64. The third-order valence-electron chi connectivity index (χ3n) is 0.965. The lowest BCUT2D eigenvalue weighted by Gasteiger charge is -2.16. The van der Waals surface area contributed by atoms with E-state index in [-0.39, 0.29) is 17.0 Å². The van der Waals surface area contributed by atoms with Gasteiger partial charge in [-0.2, -0.15) is 0 Å². The quantitative estimate of drug-likeness (QED) is 0.603. The Labute approximate surface area is 72.9 Å². The van der Waals surface area contributed by atoms with Crippen LogP contribution in [0.3, 0.4) is 0 Å². The van der Waals surface area contributed by atoms with Gasteiger partial charge in [0.25, 0.3) is 0 Å². The topological polar surface area (TPSA) is 17.1 Å². The van der Waals surface area contributed by atoms with Crippen LogP contribution in [0, 0.1) is 12.3 Å². The van der Waals surface area contributed by atoms with Gasteiger partial charge in [0.2, 0.25) is 0 Å². The molecule has 62 valence electrons. The number of thioether (sulfide) groups is 1. The molecular formula is C9H14OS. The molecule has 0 aromatic heterocycles. The molecule has 1 nitrogen and oxygen atoms in total. The summed E-state index contributed by atoms with van der Waals surface area (Å²) in [5, 5.41) is 0. The van der Waals surface area contributed by atoms with Crippen molar-refractivity contribution in [2.45, 2.75) is 31.9 Å². The number of carbonyl (C=O) groups excluding carboxylic acids is 1. The molecule has 0 aliphatic rings. The van der Waals surface area contributed by atoms with Crippen LogP contribution in [-0.2, 0) is 4.79 Å². The zero-order valence-corrected chi connectivity index (χ0v) is 8.12. The van der Waals surface area contributed by atoms with Gasteiger partial charge in [0.15, 0.2) is 5.78 Å². The molecule has 2 heteroatoms. The Balaban J connectivity index is 3.57. The van der Waals surface area contributed by atoms with E-state index in [9.17, 15) is 4.79 Å². The fraction of sp³-hybridized carbons (Fsp3) is 0.667. The molecule has 0 bridgehead atoms. The zero-order valence-electron chi connectivity index (χ0n) is 7.31. The molecule has 0 aromatic rings. The molecule has 0 aliphatic heterocycles. The second-order valence-corrected chi connectivity index (χ2v) is 5.12. The maximum Gasteiger partial charge on any atom is 0.154 e. The van der Waals surface area contributed by atoms with Gasteiger partial charge in [-0.05, 0) is 0 Å². The predicted octanol–water partition coefficient (Wildman–Crippen LogP) is 2.11. The maximum absolute atomic E-state index is 10.9. The second kappa shape index (κ2) is 4.46. The molecule has 0 fully saturated rings. The molecule has 11 heavy (non-hydrogen) atoms. The van der Waals surface area contributed by atoms with E-state index in [2.05, 4.69) is 26.7 Å². The van der Waals surface area contributed by atoms with Crippen LogP contribution in [0.25, 0.3) is 0 Å². The minimum Gasteiger partial charge on any atom is -0.298 e. The van der Waals surface area contributed by atoms with E-state index in [1.165, 1.54) is 0 Å². The van der Waals surface area contributed by atoms with Crippen molar-refractivity contribution in [3.8, 4) is 12.3 Å². The van der Waals surface area contributed by atoms with Gasteiger partial charge in [0, 0.05) is 4.75 Å². The fourth-order valence-electron chi connectivity index (χ4n) is 0.462. The lowest BCUT2D eigenvalue weighted by molar-refractivity contribution is -0.115. The molecule has 0 aliphatic carbocycles. The number of terminal acetylenes is 1. The molecule has 0 unspecified atom stereocenters. The van der Waals surface area contributed by atoms with Crippen molar-refractivity contribution in [1.82, 2.24) is 0 Å². The molecule has 0 spiro atoms. The van der Waals surface area contributed by atoms with Crippen molar-refractivity contribution in [1.29, 1.82) is 0 Å². The minimum atomic E-state index is 0.146. The van der Waals surface area contributed by atoms with Crippen molar-refractivity contribution >= 4 is 17.5 Å². The first kappa shape index (κ1) is 10.6. The molecule has 0 heterocycles. The molecular weight excluding hydrogens is 156 g/mol. The van der Waals surface area contributed by atoms with Crippen molar-refractivity contribution in [3.05, 3.63) is 0 Å². The van der Waals surface area contributed by atoms with Crippen LogP contribution in [0.4, 0.5) is 0 Å².